The predicted octanol–water partition coefficient (Wildman–Crippen LogP) is 2.21. The van der Waals surface area contributed by atoms with Gasteiger partial charge >= 0.3 is 5.97 Å². The van der Waals surface area contributed by atoms with Crippen LogP contribution >= 0.6 is 0 Å². The summed E-state index contributed by atoms with van der Waals surface area (Å²) in [6, 6.07) is 7.76. The highest BCUT2D eigenvalue weighted by atomic mass is 16.5. The molecule has 1 atom stereocenters. The van der Waals surface area contributed by atoms with Crippen molar-refractivity contribution in [3.8, 4) is 5.75 Å². The van der Waals surface area contributed by atoms with Crippen LogP contribution in [0.25, 0.3) is 0 Å². The van der Waals surface area contributed by atoms with Gasteiger partial charge in [-0.2, -0.15) is 0 Å². The predicted molar refractivity (Wildman–Crippen MR) is 91.7 cm³/mol. The number of morpholine rings is 1. The van der Waals surface area contributed by atoms with Crippen LogP contribution in [-0.4, -0.2) is 54.8 Å². The molecule has 1 saturated heterocycles. The second kappa shape index (κ2) is 7.44. The average Bonchev–Trinajstić information content (AvgIpc) is 3.12. The molecule has 6 nitrogen and oxygen atoms in total. The van der Waals surface area contributed by atoms with Crippen LogP contribution in [0, 0.1) is 0 Å². The van der Waals surface area contributed by atoms with Gasteiger partial charge in [0.25, 0.3) is 0 Å². The van der Waals surface area contributed by atoms with Gasteiger partial charge in [0.15, 0.2) is 0 Å². The van der Waals surface area contributed by atoms with E-state index in [0.717, 1.165) is 37.0 Å². The number of carbonyl (C=O) groups excluding carboxylic acids is 1. The van der Waals surface area contributed by atoms with Crippen LogP contribution in [0.3, 0.4) is 0 Å². The second-order valence-electron chi connectivity index (χ2n) is 6.86. The lowest BCUT2D eigenvalue weighted by atomic mass is 9.77. The van der Waals surface area contributed by atoms with Crippen molar-refractivity contribution in [2.45, 2.75) is 43.6 Å². The second-order valence-corrected chi connectivity index (χ2v) is 6.86. The number of hydrogen-bond donors (Lipinski definition) is 1. The fraction of sp³-hybridized carbons (Fsp3) is 0.579. The van der Waals surface area contributed by atoms with Crippen molar-refractivity contribution in [3.05, 3.63) is 29.8 Å². The minimum absolute atomic E-state index is 0.0701. The van der Waals surface area contributed by atoms with Crippen molar-refractivity contribution in [2.75, 3.05) is 26.8 Å². The molecule has 2 aliphatic rings. The first-order valence-electron chi connectivity index (χ1n) is 8.82. The molecule has 1 N–H and O–H groups in total. The molecule has 1 aromatic carbocycles. The summed E-state index contributed by atoms with van der Waals surface area (Å²) in [5.74, 6) is -0.0175. The van der Waals surface area contributed by atoms with Crippen LogP contribution in [-0.2, 0) is 19.7 Å². The Morgan fingerprint density at radius 3 is 2.56 bits per heavy atom. The fourth-order valence-electron chi connectivity index (χ4n) is 4.04. The number of amides is 1. The zero-order valence-electron chi connectivity index (χ0n) is 14.6. The van der Waals surface area contributed by atoms with Gasteiger partial charge in [-0.3, -0.25) is 9.59 Å². The molecule has 25 heavy (non-hydrogen) atoms. The lowest BCUT2D eigenvalue weighted by molar-refractivity contribution is -0.150. The molecule has 0 bridgehead atoms. The Kier molecular flexibility index (Phi) is 5.27. The molecule has 136 valence electrons. The van der Waals surface area contributed by atoms with Gasteiger partial charge in [-0.15, -0.1) is 0 Å². The van der Waals surface area contributed by atoms with E-state index in [2.05, 4.69) is 0 Å². The van der Waals surface area contributed by atoms with E-state index >= 15 is 0 Å². The third-order valence-electron chi connectivity index (χ3n) is 5.34. The topological polar surface area (TPSA) is 76.1 Å². The van der Waals surface area contributed by atoms with Gasteiger partial charge in [0.2, 0.25) is 5.91 Å². The molecule has 3 rings (SSSR count). The monoisotopic (exact) mass is 347 g/mol. The molecule has 0 spiro atoms. The summed E-state index contributed by atoms with van der Waals surface area (Å²) in [5, 5.41) is 8.98. The Hall–Kier alpha value is -2.08. The molecule has 1 aromatic rings. The van der Waals surface area contributed by atoms with E-state index in [1.54, 1.807) is 12.0 Å². The summed E-state index contributed by atoms with van der Waals surface area (Å²) in [5.41, 5.74) is 0.522. The average molecular weight is 347 g/mol. The summed E-state index contributed by atoms with van der Waals surface area (Å²) in [7, 11) is 1.63. The molecule has 1 saturated carbocycles. The van der Waals surface area contributed by atoms with Crippen LogP contribution in [0.1, 0.15) is 37.7 Å². The van der Waals surface area contributed by atoms with Gasteiger partial charge in [0.05, 0.1) is 31.7 Å². The molecule has 0 aromatic heterocycles. The highest BCUT2D eigenvalue weighted by Crippen LogP contribution is 2.43. The largest absolute Gasteiger partial charge is 0.497 e. The zero-order chi connectivity index (χ0) is 17.9. The first-order valence-corrected chi connectivity index (χ1v) is 8.82. The van der Waals surface area contributed by atoms with E-state index in [1.165, 1.54) is 0 Å². The maximum Gasteiger partial charge on any atom is 0.306 e. The van der Waals surface area contributed by atoms with Crippen LogP contribution in [0.2, 0.25) is 0 Å². The summed E-state index contributed by atoms with van der Waals surface area (Å²) in [6.07, 6.45) is 3.23. The Morgan fingerprint density at radius 2 is 1.96 bits per heavy atom. The lowest BCUT2D eigenvalue weighted by Gasteiger charge is -2.39. The van der Waals surface area contributed by atoms with Crippen molar-refractivity contribution in [1.82, 2.24) is 4.90 Å². The molecule has 1 aliphatic heterocycles. The lowest BCUT2D eigenvalue weighted by Crippen LogP contribution is -2.52. The van der Waals surface area contributed by atoms with E-state index < -0.39 is 17.5 Å². The van der Waals surface area contributed by atoms with Crippen molar-refractivity contribution in [1.29, 1.82) is 0 Å². The number of carboxylic acid groups (broad SMARTS) is 1. The number of hydrogen-bond acceptors (Lipinski definition) is 4. The Labute approximate surface area is 147 Å². The van der Waals surface area contributed by atoms with Gasteiger partial charge in [-0.1, -0.05) is 25.0 Å². The maximum atomic E-state index is 13.4. The van der Waals surface area contributed by atoms with Crippen LogP contribution in [0.4, 0.5) is 0 Å². The summed E-state index contributed by atoms with van der Waals surface area (Å²) >= 11 is 0. The van der Waals surface area contributed by atoms with E-state index in [-0.39, 0.29) is 12.3 Å². The standard InChI is InChI=1S/C19H25NO5/c1-24-15-6-4-14(5-7-15)19(8-2-3-9-19)18(23)20-10-11-25-16(13-20)12-17(21)22/h4-7,16H,2-3,8-13H2,1H3,(H,21,22). The van der Waals surface area contributed by atoms with Crippen LogP contribution in [0.5, 0.6) is 5.75 Å². The number of methoxy groups -OCH3 is 1. The quantitative estimate of drug-likeness (QED) is 0.884. The molecule has 2 fully saturated rings. The number of benzene rings is 1. The summed E-state index contributed by atoms with van der Waals surface area (Å²) in [4.78, 5) is 26.1. The zero-order valence-corrected chi connectivity index (χ0v) is 14.6. The normalized spacial score (nSPS) is 22.6. The number of carboxylic acids is 1. The Morgan fingerprint density at radius 1 is 1.28 bits per heavy atom. The van der Waals surface area contributed by atoms with Crippen LogP contribution in [0.15, 0.2) is 24.3 Å². The smallest absolute Gasteiger partial charge is 0.306 e. The van der Waals surface area contributed by atoms with E-state index in [4.69, 9.17) is 14.6 Å². The molecule has 6 heteroatoms. The third-order valence-corrected chi connectivity index (χ3v) is 5.34. The highest BCUT2D eigenvalue weighted by Gasteiger charge is 2.45. The Bertz CT molecular complexity index is 621. The Balaban J connectivity index is 1.81. The van der Waals surface area contributed by atoms with Gasteiger partial charge in [0, 0.05) is 13.1 Å². The maximum absolute atomic E-state index is 13.4. The molecule has 1 amide bonds. The first kappa shape index (κ1) is 17.7. The number of ether oxygens (including phenoxy) is 2. The molecule has 0 radical (unpaired) electrons. The van der Waals surface area contributed by atoms with E-state index in [1.807, 2.05) is 24.3 Å². The van der Waals surface area contributed by atoms with Crippen molar-refractivity contribution in [2.24, 2.45) is 0 Å². The van der Waals surface area contributed by atoms with Crippen molar-refractivity contribution < 1.29 is 24.2 Å². The van der Waals surface area contributed by atoms with Gasteiger partial charge < -0.3 is 19.5 Å². The molecule has 1 heterocycles. The minimum atomic E-state index is -0.898. The minimum Gasteiger partial charge on any atom is -0.497 e. The number of carbonyl (C=O) groups is 2. The van der Waals surface area contributed by atoms with Crippen molar-refractivity contribution in [3.63, 3.8) is 0 Å². The molecule has 1 aliphatic carbocycles. The number of aliphatic carboxylic acids is 1. The third kappa shape index (κ3) is 3.63. The molecular formula is C19H25NO5. The van der Waals surface area contributed by atoms with Gasteiger partial charge in [0.1, 0.15) is 5.75 Å². The van der Waals surface area contributed by atoms with E-state index in [9.17, 15) is 9.59 Å². The summed E-state index contributed by atoms with van der Waals surface area (Å²) < 4.78 is 10.7. The van der Waals surface area contributed by atoms with Gasteiger partial charge in [-0.05, 0) is 30.5 Å². The van der Waals surface area contributed by atoms with E-state index in [0.29, 0.717) is 19.7 Å². The van der Waals surface area contributed by atoms with Gasteiger partial charge in [-0.25, -0.2) is 0 Å². The SMILES string of the molecule is COc1ccc(C2(C(=O)N3CCOC(CC(=O)O)C3)CCCC2)cc1. The highest BCUT2D eigenvalue weighted by molar-refractivity contribution is 5.89. The van der Waals surface area contributed by atoms with Crippen LogP contribution < -0.4 is 4.74 Å². The molecular weight excluding hydrogens is 322 g/mol. The molecule has 1 unspecified atom stereocenters. The fourth-order valence-corrected chi connectivity index (χ4v) is 4.04. The number of rotatable bonds is 5. The van der Waals surface area contributed by atoms with Crippen molar-refractivity contribution >= 4 is 11.9 Å². The number of nitrogens with zero attached hydrogens (tertiary/aromatic N) is 1. The summed E-state index contributed by atoms with van der Waals surface area (Å²) in [6.45, 7) is 1.26. The first-order chi connectivity index (χ1) is 12.0.